The Kier molecular flexibility index (Phi) is 4.48. The molecular weight excluding hydrogens is 312 g/mol. The van der Waals surface area contributed by atoms with Crippen molar-refractivity contribution in [2.75, 3.05) is 11.9 Å². The first-order valence-electron chi connectivity index (χ1n) is 6.86. The van der Waals surface area contributed by atoms with E-state index in [1.54, 1.807) is 0 Å². The molecule has 0 amide bonds. The second-order valence-corrected chi connectivity index (χ2v) is 6.47. The van der Waals surface area contributed by atoms with Crippen LogP contribution in [0.2, 0.25) is 0 Å². The van der Waals surface area contributed by atoms with Crippen molar-refractivity contribution in [1.82, 2.24) is 4.98 Å². The molecule has 0 fully saturated rings. The van der Waals surface area contributed by atoms with Gasteiger partial charge in [-0.05, 0) is 64.5 Å². The predicted molar refractivity (Wildman–Crippen MR) is 90.0 cm³/mol. The molecule has 1 aromatic heterocycles. The summed E-state index contributed by atoms with van der Waals surface area (Å²) in [6, 6.07) is 8.76. The van der Waals surface area contributed by atoms with Crippen molar-refractivity contribution in [1.29, 1.82) is 0 Å². The van der Waals surface area contributed by atoms with Crippen molar-refractivity contribution in [3.05, 3.63) is 51.6 Å². The lowest BCUT2D eigenvalue weighted by Crippen LogP contribution is -2.14. The maximum atomic E-state index is 4.55. The first-order valence-corrected chi connectivity index (χ1v) is 7.66. The molecule has 0 radical (unpaired) electrons. The smallest absolute Gasteiger partial charge is 0.135 e. The number of aryl methyl sites for hydroxylation is 2. The summed E-state index contributed by atoms with van der Waals surface area (Å²) in [5.41, 5.74) is 5.00. The zero-order valence-corrected chi connectivity index (χ0v) is 14.3. The molecule has 0 saturated carbocycles. The van der Waals surface area contributed by atoms with E-state index in [9.17, 15) is 0 Å². The Bertz CT molecular complexity index is 620. The van der Waals surface area contributed by atoms with Crippen molar-refractivity contribution >= 4 is 27.4 Å². The van der Waals surface area contributed by atoms with Gasteiger partial charge in [-0.1, -0.05) is 26.0 Å². The third kappa shape index (κ3) is 3.04. The molecule has 3 heteroatoms. The summed E-state index contributed by atoms with van der Waals surface area (Å²) in [6.45, 7) is 8.67. The first kappa shape index (κ1) is 15.0. The molecule has 2 rings (SSSR count). The van der Waals surface area contributed by atoms with E-state index in [0.717, 1.165) is 15.9 Å². The largest absolute Gasteiger partial charge is 0.329 e. The maximum Gasteiger partial charge on any atom is 0.135 e. The standard InChI is InChI=1S/C17H21BrN2/c1-11(2)14-7-6-12(3)16(9-14)20(5)17-13(4)8-15(18)10-19-17/h6-11H,1-5H3. The zero-order valence-electron chi connectivity index (χ0n) is 12.7. The molecule has 0 aliphatic carbocycles. The van der Waals surface area contributed by atoms with Gasteiger partial charge in [-0.25, -0.2) is 4.98 Å². The molecular formula is C17H21BrN2. The fourth-order valence-electron chi connectivity index (χ4n) is 2.35. The number of rotatable bonds is 3. The van der Waals surface area contributed by atoms with E-state index in [4.69, 9.17) is 0 Å². The fraction of sp³-hybridized carbons (Fsp3) is 0.353. The highest BCUT2D eigenvalue weighted by molar-refractivity contribution is 9.10. The molecule has 0 N–H and O–H groups in total. The lowest BCUT2D eigenvalue weighted by Gasteiger charge is -2.23. The van der Waals surface area contributed by atoms with Crippen LogP contribution in [0.1, 0.15) is 36.5 Å². The quantitative estimate of drug-likeness (QED) is 0.752. The summed E-state index contributed by atoms with van der Waals surface area (Å²) in [5, 5.41) is 0. The summed E-state index contributed by atoms with van der Waals surface area (Å²) in [5.74, 6) is 1.53. The number of hydrogen-bond acceptors (Lipinski definition) is 2. The topological polar surface area (TPSA) is 16.1 Å². The van der Waals surface area contributed by atoms with Gasteiger partial charge in [0, 0.05) is 23.4 Å². The van der Waals surface area contributed by atoms with Crippen molar-refractivity contribution in [2.24, 2.45) is 0 Å². The van der Waals surface area contributed by atoms with Crippen LogP contribution in [-0.4, -0.2) is 12.0 Å². The monoisotopic (exact) mass is 332 g/mol. The molecule has 0 aliphatic heterocycles. The van der Waals surface area contributed by atoms with Gasteiger partial charge in [0.05, 0.1) is 0 Å². The summed E-state index contributed by atoms with van der Waals surface area (Å²) in [6.07, 6.45) is 1.85. The Hall–Kier alpha value is -1.35. The Morgan fingerprint density at radius 2 is 1.80 bits per heavy atom. The van der Waals surface area contributed by atoms with Gasteiger partial charge in [0.15, 0.2) is 0 Å². The lowest BCUT2D eigenvalue weighted by molar-refractivity contribution is 0.864. The summed E-state index contributed by atoms with van der Waals surface area (Å²) in [4.78, 5) is 6.72. The van der Waals surface area contributed by atoms with Crippen LogP contribution in [0.4, 0.5) is 11.5 Å². The predicted octanol–water partition coefficient (Wildman–Crippen LogP) is 5.35. The lowest BCUT2D eigenvalue weighted by atomic mass is 10.00. The second kappa shape index (κ2) is 5.96. The number of pyridine rings is 1. The Labute approximate surface area is 130 Å². The molecule has 1 heterocycles. The Morgan fingerprint density at radius 3 is 2.40 bits per heavy atom. The van der Waals surface area contributed by atoms with Gasteiger partial charge >= 0.3 is 0 Å². The molecule has 0 saturated heterocycles. The van der Waals surface area contributed by atoms with Crippen LogP contribution < -0.4 is 4.90 Å². The number of hydrogen-bond donors (Lipinski definition) is 0. The highest BCUT2D eigenvalue weighted by atomic mass is 79.9. The summed E-state index contributed by atoms with van der Waals surface area (Å²) < 4.78 is 1.01. The van der Waals surface area contributed by atoms with Crippen LogP contribution in [0.15, 0.2) is 34.9 Å². The van der Waals surface area contributed by atoms with Crippen LogP contribution in [-0.2, 0) is 0 Å². The molecule has 0 spiro atoms. The second-order valence-electron chi connectivity index (χ2n) is 5.55. The molecule has 1 aromatic carbocycles. The van der Waals surface area contributed by atoms with Crippen molar-refractivity contribution in [3.8, 4) is 0 Å². The minimum atomic E-state index is 0.529. The van der Waals surface area contributed by atoms with Gasteiger partial charge < -0.3 is 4.90 Å². The van der Waals surface area contributed by atoms with E-state index in [1.807, 2.05) is 6.20 Å². The first-order chi connectivity index (χ1) is 9.40. The van der Waals surface area contributed by atoms with Crippen LogP contribution >= 0.6 is 15.9 Å². The van der Waals surface area contributed by atoms with Crippen molar-refractivity contribution in [3.63, 3.8) is 0 Å². The van der Waals surface area contributed by atoms with Gasteiger partial charge in [-0.15, -0.1) is 0 Å². The summed E-state index contributed by atoms with van der Waals surface area (Å²) >= 11 is 3.47. The van der Waals surface area contributed by atoms with Gasteiger partial charge in [0.2, 0.25) is 0 Å². The van der Waals surface area contributed by atoms with Crippen LogP contribution in [0.3, 0.4) is 0 Å². The third-order valence-corrected chi connectivity index (χ3v) is 4.03. The van der Waals surface area contributed by atoms with Crippen LogP contribution in [0, 0.1) is 13.8 Å². The van der Waals surface area contributed by atoms with E-state index in [0.29, 0.717) is 5.92 Å². The number of anilines is 2. The molecule has 0 aliphatic rings. The van der Waals surface area contributed by atoms with Gasteiger partial charge in [0.25, 0.3) is 0 Å². The number of halogens is 1. The third-order valence-electron chi connectivity index (χ3n) is 3.60. The minimum absolute atomic E-state index is 0.529. The number of aromatic nitrogens is 1. The molecule has 20 heavy (non-hydrogen) atoms. The number of nitrogens with zero attached hydrogens (tertiary/aromatic N) is 2. The molecule has 2 aromatic rings. The normalized spacial score (nSPS) is 10.9. The highest BCUT2D eigenvalue weighted by Crippen LogP contribution is 2.31. The minimum Gasteiger partial charge on any atom is -0.329 e. The van der Waals surface area contributed by atoms with E-state index >= 15 is 0 Å². The Balaban J connectivity index is 2.47. The van der Waals surface area contributed by atoms with E-state index in [-0.39, 0.29) is 0 Å². The molecule has 2 nitrogen and oxygen atoms in total. The van der Waals surface area contributed by atoms with E-state index < -0.39 is 0 Å². The van der Waals surface area contributed by atoms with Gasteiger partial charge in [0.1, 0.15) is 5.82 Å². The number of benzene rings is 1. The van der Waals surface area contributed by atoms with Crippen molar-refractivity contribution in [2.45, 2.75) is 33.6 Å². The highest BCUT2D eigenvalue weighted by Gasteiger charge is 2.12. The average molecular weight is 333 g/mol. The zero-order chi connectivity index (χ0) is 14.9. The summed E-state index contributed by atoms with van der Waals surface area (Å²) in [7, 11) is 2.08. The van der Waals surface area contributed by atoms with Gasteiger partial charge in [-0.2, -0.15) is 0 Å². The van der Waals surface area contributed by atoms with E-state index in [2.05, 4.69) is 84.8 Å². The van der Waals surface area contributed by atoms with E-state index in [1.165, 1.54) is 16.8 Å². The molecule has 0 unspecified atom stereocenters. The van der Waals surface area contributed by atoms with Crippen LogP contribution in [0.5, 0.6) is 0 Å². The average Bonchev–Trinajstić information content (AvgIpc) is 2.38. The maximum absolute atomic E-state index is 4.55. The molecule has 0 bridgehead atoms. The SMILES string of the molecule is Cc1ccc(C(C)C)cc1N(C)c1ncc(Br)cc1C. The van der Waals surface area contributed by atoms with Crippen molar-refractivity contribution < 1.29 is 0 Å². The molecule has 0 atom stereocenters. The van der Waals surface area contributed by atoms with Crippen LogP contribution in [0.25, 0.3) is 0 Å². The fourth-order valence-corrected chi connectivity index (χ4v) is 2.79. The van der Waals surface area contributed by atoms with Gasteiger partial charge in [-0.3, -0.25) is 0 Å². The molecule has 106 valence electrons. The Morgan fingerprint density at radius 1 is 1.10 bits per heavy atom.